The van der Waals surface area contributed by atoms with E-state index in [-0.39, 0.29) is 23.7 Å². The standard InChI is InChI=1S/C19H31N5O2/c1-4-6-15(17(20)25)16(13-14(2)3)18(26)23-9-11-24(12-10-23)19-21-7-5-8-22-19/h5,7-8,14-16H,4,6,9-13H2,1-3H3,(H2,20,25)/t15-,16+/m0/s1. The van der Waals surface area contributed by atoms with Gasteiger partial charge in [0.25, 0.3) is 0 Å². The van der Waals surface area contributed by atoms with Crippen molar-refractivity contribution in [2.45, 2.75) is 40.0 Å². The van der Waals surface area contributed by atoms with Gasteiger partial charge in [-0.25, -0.2) is 9.97 Å². The number of hydrogen-bond donors (Lipinski definition) is 1. The normalized spacial score (nSPS) is 17.2. The zero-order valence-corrected chi connectivity index (χ0v) is 16.1. The van der Waals surface area contributed by atoms with Gasteiger partial charge in [-0.2, -0.15) is 0 Å². The van der Waals surface area contributed by atoms with E-state index >= 15 is 0 Å². The van der Waals surface area contributed by atoms with Crippen molar-refractivity contribution in [3.05, 3.63) is 18.5 Å². The maximum atomic E-state index is 13.2. The summed E-state index contributed by atoms with van der Waals surface area (Å²) < 4.78 is 0. The number of nitrogens with two attached hydrogens (primary N) is 1. The van der Waals surface area contributed by atoms with Gasteiger partial charge in [0.05, 0.1) is 0 Å². The van der Waals surface area contributed by atoms with Gasteiger partial charge in [-0.1, -0.05) is 27.2 Å². The van der Waals surface area contributed by atoms with Gasteiger partial charge in [-0.3, -0.25) is 9.59 Å². The number of anilines is 1. The molecule has 0 aromatic carbocycles. The molecule has 2 heterocycles. The van der Waals surface area contributed by atoms with Crippen LogP contribution in [0.4, 0.5) is 5.95 Å². The van der Waals surface area contributed by atoms with Crippen LogP contribution in [0.1, 0.15) is 40.0 Å². The van der Waals surface area contributed by atoms with Gasteiger partial charge in [0.15, 0.2) is 0 Å². The number of primary amides is 1. The largest absolute Gasteiger partial charge is 0.369 e. The molecule has 0 radical (unpaired) electrons. The van der Waals surface area contributed by atoms with Crippen LogP contribution < -0.4 is 10.6 Å². The van der Waals surface area contributed by atoms with Crippen LogP contribution in [-0.2, 0) is 9.59 Å². The first-order valence-electron chi connectivity index (χ1n) is 9.54. The van der Waals surface area contributed by atoms with Crippen LogP contribution in [0.3, 0.4) is 0 Å². The monoisotopic (exact) mass is 361 g/mol. The van der Waals surface area contributed by atoms with Crippen LogP contribution >= 0.6 is 0 Å². The fourth-order valence-corrected chi connectivity index (χ4v) is 3.61. The number of amides is 2. The summed E-state index contributed by atoms with van der Waals surface area (Å²) in [7, 11) is 0. The molecule has 0 spiro atoms. The van der Waals surface area contributed by atoms with Gasteiger partial charge < -0.3 is 15.5 Å². The molecule has 144 valence electrons. The Labute approximate surface area is 156 Å². The molecule has 1 aliphatic rings. The third-order valence-corrected chi connectivity index (χ3v) is 4.92. The molecule has 0 aliphatic carbocycles. The van der Waals surface area contributed by atoms with Crippen molar-refractivity contribution in [2.24, 2.45) is 23.5 Å². The summed E-state index contributed by atoms with van der Waals surface area (Å²) in [6.07, 6.45) is 5.64. The highest BCUT2D eigenvalue weighted by Crippen LogP contribution is 2.27. The van der Waals surface area contributed by atoms with Crippen molar-refractivity contribution in [3.63, 3.8) is 0 Å². The molecule has 7 nitrogen and oxygen atoms in total. The molecule has 26 heavy (non-hydrogen) atoms. The van der Waals surface area contributed by atoms with E-state index in [0.717, 1.165) is 6.42 Å². The lowest BCUT2D eigenvalue weighted by molar-refractivity contribution is -0.142. The van der Waals surface area contributed by atoms with Crippen LogP contribution in [0.15, 0.2) is 18.5 Å². The summed E-state index contributed by atoms with van der Waals surface area (Å²) in [5, 5.41) is 0. The number of carbonyl (C=O) groups is 2. The third kappa shape index (κ3) is 5.16. The predicted octanol–water partition coefficient (Wildman–Crippen LogP) is 1.69. The van der Waals surface area contributed by atoms with Crippen molar-refractivity contribution in [3.8, 4) is 0 Å². The second-order valence-electron chi connectivity index (χ2n) is 7.39. The first kappa shape index (κ1) is 20.1. The molecule has 2 atom stereocenters. The molecule has 0 saturated carbocycles. The molecule has 0 bridgehead atoms. The summed E-state index contributed by atoms with van der Waals surface area (Å²) >= 11 is 0. The zero-order valence-electron chi connectivity index (χ0n) is 16.1. The minimum atomic E-state index is -0.384. The number of rotatable bonds is 8. The predicted molar refractivity (Wildman–Crippen MR) is 101 cm³/mol. The molecular weight excluding hydrogens is 330 g/mol. The van der Waals surface area contributed by atoms with Gasteiger partial charge in [0.1, 0.15) is 0 Å². The Morgan fingerprint density at radius 1 is 1.12 bits per heavy atom. The summed E-state index contributed by atoms with van der Waals surface area (Å²) in [4.78, 5) is 37.6. The Hall–Kier alpha value is -2.18. The highest BCUT2D eigenvalue weighted by molar-refractivity contribution is 5.87. The van der Waals surface area contributed by atoms with E-state index in [1.54, 1.807) is 18.5 Å². The second kappa shape index (κ2) is 9.50. The average molecular weight is 361 g/mol. The van der Waals surface area contributed by atoms with Gasteiger partial charge in [-0.05, 0) is 24.8 Å². The van der Waals surface area contributed by atoms with Crippen molar-refractivity contribution in [1.29, 1.82) is 0 Å². The molecule has 2 rings (SSSR count). The molecule has 1 aromatic heterocycles. The Balaban J connectivity index is 2.05. The first-order chi connectivity index (χ1) is 12.4. The summed E-state index contributed by atoms with van der Waals surface area (Å²) in [5.41, 5.74) is 5.63. The summed E-state index contributed by atoms with van der Waals surface area (Å²) in [6.45, 7) is 8.79. The van der Waals surface area contributed by atoms with E-state index in [9.17, 15) is 9.59 Å². The molecule has 2 N–H and O–H groups in total. The highest BCUT2D eigenvalue weighted by Gasteiger charge is 2.36. The smallest absolute Gasteiger partial charge is 0.226 e. The summed E-state index contributed by atoms with van der Waals surface area (Å²) in [5.74, 6) is 0.0186. The van der Waals surface area contributed by atoms with Gasteiger partial charge in [0, 0.05) is 50.4 Å². The van der Waals surface area contributed by atoms with Crippen molar-refractivity contribution < 1.29 is 9.59 Å². The zero-order chi connectivity index (χ0) is 19.1. The molecule has 7 heteroatoms. The molecule has 1 aliphatic heterocycles. The number of aromatic nitrogens is 2. The van der Waals surface area contributed by atoms with Crippen molar-refractivity contribution >= 4 is 17.8 Å². The van der Waals surface area contributed by atoms with E-state index in [1.807, 2.05) is 11.8 Å². The van der Waals surface area contributed by atoms with Gasteiger partial charge >= 0.3 is 0 Å². The van der Waals surface area contributed by atoms with E-state index in [4.69, 9.17) is 5.73 Å². The maximum Gasteiger partial charge on any atom is 0.226 e. The van der Waals surface area contributed by atoms with E-state index in [0.29, 0.717) is 50.9 Å². The summed E-state index contributed by atoms with van der Waals surface area (Å²) in [6, 6.07) is 1.79. The number of carbonyl (C=O) groups excluding carboxylic acids is 2. The number of piperazine rings is 1. The Morgan fingerprint density at radius 2 is 1.73 bits per heavy atom. The van der Waals surface area contributed by atoms with E-state index < -0.39 is 0 Å². The first-order valence-corrected chi connectivity index (χ1v) is 9.54. The maximum absolute atomic E-state index is 13.2. The van der Waals surface area contributed by atoms with Crippen LogP contribution in [-0.4, -0.2) is 52.9 Å². The second-order valence-corrected chi connectivity index (χ2v) is 7.39. The molecular formula is C19H31N5O2. The molecule has 1 saturated heterocycles. The lowest BCUT2D eigenvalue weighted by atomic mass is 9.81. The lowest BCUT2D eigenvalue weighted by Crippen LogP contribution is -2.52. The molecule has 1 fully saturated rings. The molecule has 0 unspecified atom stereocenters. The topological polar surface area (TPSA) is 92.4 Å². The fourth-order valence-electron chi connectivity index (χ4n) is 3.61. The van der Waals surface area contributed by atoms with E-state index in [1.165, 1.54) is 0 Å². The fraction of sp³-hybridized carbons (Fsp3) is 0.684. The Morgan fingerprint density at radius 3 is 2.23 bits per heavy atom. The van der Waals surface area contributed by atoms with Crippen LogP contribution in [0, 0.1) is 17.8 Å². The van der Waals surface area contributed by atoms with Crippen molar-refractivity contribution in [1.82, 2.24) is 14.9 Å². The number of nitrogens with zero attached hydrogens (tertiary/aromatic N) is 4. The van der Waals surface area contributed by atoms with Crippen molar-refractivity contribution in [2.75, 3.05) is 31.1 Å². The third-order valence-electron chi connectivity index (χ3n) is 4.92. The minimum absolute atomic E-state index is 0.0598. The van der Waals surface area contributed by atoms with Crippen LogP contribution in [0.5, 0.6) is 0 Å². The highest BCUT2D eigenvalue weighted by atomic mass is 16.2. The quantitative estimate of drug-likeness (QED) is 0.761. The average Bonchev–Trinajstić information content (AvgIpc) is 2.64. The Bertz CT molecular complexity index is 585. The lowest BCUT2D eigenvalue weighted by Gasteiger charge is -2.38. The molecule has 2 amide bonds. The molecule has 1 aromatic rings. The minimum Gasteiger partial charge on any atom is -0.369 e. The van der Waals surface area contributed by atoms with E-state index in [2.05, 4.69) is 28.7 Å². The van der Waals surface area contributed by atoms with Gasteiger partial charge in [-0.15, -0.1) is 0 Å². The van der Waals surface area contributed by atoms with Gasteiger partial charge in [0.2, 0.25) is 17.8 Å². The number of hydrogen-bond acceptors (Lipinski definition) is 5. The van der Waals surface area contributed by atoms with Crippen LogP contribution in [0.25, 0.3) is 0 Å². The van der Waals surface area contributed by atoms with Crippen LogP contribution in [0.2, 0.25) is 0 Å². The SMILES string of the molecule is CCC[C@H](C(N)=O)[C@@H](CC(C)C)C(=O)N1CCN(c2ncccn2)CC1. The Kier molecular flexibility index (Phi) is 7.36.